The van der Waals surface area contributed by atoms with E-state index in [2.05, 4.69) is 0 Å². The Balaban J connectivity index is 2.18. The highest BCUT2D eigenvalue weighted by atomic mass is 35.5. The maximum absolute atomic E-state index is 12.5. The second-order valence-electron chi connectivity index (χ2n) is 5.22. The largest absolute Gasteiger partial charge is 0.332 e. The van der Waals surface area contributed by atoms with Gasteiger partial charge in [0.2, 0.25) is 5.91 Å². The van der Waals surface area contributed by atoms with Gasteiger partial charge >= 0.3 is 0 Å². The maximum atomic E-state index is 12.5. The van der Waals surface area contributed by atoms with Crippen LogP contribution in [0, 0.1) is 5.92 Å². The summed E-state index contributed by atoms with van der Waals surface area (Å²) < 4.78 is 0. The number of amides is 1. The number of ketones is 1. The van der Waals surface area contributed by atoms with E-state index in [0.29, 0.717) is 17.1 Å². The molecule has 1 atom stereocenters. The number of hydrogen-bond acceptors (Lipinski definition) is 2. The number of halogens is 1. The van der Waals surface area contributed by atoms with Crippen molar-refractivity contribution in [1.29, 1.82) is 0 Å². The van der Waals surface area contributed by atoms with Crippen molar-refractivity contribution >= 4 is 23.3 Å². The number of carbonyl (C=O) groups excluding carboxylic acids is 2. The quantitative estimate of drug-likeness (QED) is 0.797. The normalized spacial score (nSPS) is 18.9. The van der Waals surface area contributed by atoms with E-state index in [1.165, 1.54) is 0 Å². The van der Waals surface area contributed by atoms with Crippen LogP contribution in [0.4, 0.5) is 0 Å². The van der Waals surface area contributed by atoms with Gasteiger partial charge in [-0.05, 0) is 37.1 Å². The highest BCUT2D eigenvalue weighted by Gasteiger charge is 2.35. The fourth-order valence-corrected chi connectivity index (χ4v) is 2.57. The smallest absolute Gasteiger partial charge is 0.225 e. The van der Waals surface area contributed by atoms with Gasteiger partial charge in [-0.25, -0.2) is 0 Å². The molecule has 0 saturated carbocycles. The van der Waals surface area contributed by atoms with Crippen molar-refractivity contribution in [3.8, 4) is 0 Å². The molecule has 1 saturated heterocycles. The summed E-state index contributed by atoms with van der Waals surface area (Å²) in [6, 6.07) is 6.55. The first kappa shape index (κ1) is 14.1. The molecule has 3 nitrogen and oxygen atoms in total. The Hall–Kier alpha value is -1.35. The van der Waals surface area contributed by atoms with Crippen LogP contribution in [-0.4, -0.2) is 29.2 Å². The van der Waals surface area contributed by atoms with Gasteiger partial charge in [0.05, 0.1) is 6.04 Å². The number of likely N-dealkylation sites (tertiary alicyclic amines) is 1. The summed E-state index contributed by atoms with van der Waals surface area (Å²) in [5.74, 6) is 0.00611. The molecule has 19 heavy (non-hydrogen) atoms. The molecule has 1 aromatic carbocycles. The van der Waals surface area contributed by atoms with E-state index in [1.807, 2.05) is 13.8 Å². The van der Waals surface area contributed by atoms with E-state index in [1.54, 1.807) is 29.2 Å². The summed E-state index contributed by atoms with van der Waals surface area (Å²) in [6.45, 7) is 4.41. The summed E-state index contributed by atoms with van der Waals surface area (Å²) in [5, 5.41) is 0.609. The number of rotatable bonds is 3. The van der Waals surface area contributed by atoms with Crippen molar-refractivity contribution in [3.63, 3.8) is 0 Å². The molecule has 0 N–H and O–H groups in total. The molecule has 0 spiro atoms. The third-order valence-corrected chi connectivity index (χ3v) is 3.71. The monoisotopic (exact) mass is 279 g/mol. The van der Waals surface area contributed by atoms with E-state index < -0.39 is 0 Å². The van der Waals surface area contributed by atoms with Crippen molar-refractivity contribution in [2.24, 2.45) is 5.92 Å². The van der Waals surface area contributed by atoms with E-state index in [9.17, 15) is 9.59 Å². The van der Waals surface area contributed by atoms with Crippen molar-refractivity contribution in [2.75, 3.05) is 6.54 Å². The summed E-state index contributed by atoms with van der Waals surface area (Å²) >= 11 is 5.82. The van der Waals surface area contributed by atoms with Crippen molar-refractivity contribution in [3.05, 3.63) is 34.9 Å². The van der Waals surface area contributed by atoms with Crippen molar-refractivity contribution < 1.29 is 9.59 Å². The Morgan fingerprint density at radius 2 is 1.89 bits per heavy atom. The molecular weight excluding hydrogens is 262 g/mol. The predicted molar refractivity (Wildman–Crippen MR) is 75.4 cm³/mol. The van der Waals surface area contributed by atoms with Crippen LogP contribution in [0.3, 0.4) is 0 Å². The number of Topliss-reactive ketones (excluding diaryl/α,β-unsaturated/α-hetero) is 1. The molecule has 2 rings (SSSR count). The third kappa shape index (κ3) is 2.98. The lowest BCUT2D eigenvalue weighted by Crippen LogP contribution is -2.42. The highest BCUT2D eigenvalue weighted by molar-refractivity contribution is 6.30. The molecule has 1 aliphatic rings. The second kappa shape index (κ2) is 5.74. The van der Waals surface area contributed by atoms with E-state index >= 15 is 0 Å². The zero-order valence-corrected chi connectivity index (χ0v) is 12.0. The number of hydrogen-bond donors (Lipinski definition) is 0. The molecule has 1 amide bonds. The van der Waals surface area contributed by atoms with Crippen LogP contribution < -0.4 is 0 Å². The molecule has 0 aromatic heterocycles. The Kier molecular flexibility index (Phi) is 4.25. The Morgan fingerprint density at radius 3 is 2.47 bits per heavy atom. The van der Waals surface area contributed by atoms with Crippen LogP contribution >= 0.6 is 11.6 Å². The molecule has 0 radical (unpaired) electrons. The first-order valence-electron chi connectivity index (χ1n) is 6.61. The van der Waals surface area contributed by atoms with Gasteiger partial charge in [-0.3, -0.25) is 9.59 Å². The molecule has 0 bridgehead atoms. The van der Waals surface area contributed by atoms with Crippen molar-refractivity contribution in [1.82, 2.24) is 4.90 Å². The second-order valence-corrected chi connectivity index (χ2v) is 5.65. The zero-order valence-electron chi connectivity index (χ0n) is 11.2. The Bertz CT molecular complexity index is 481. The first-order valence-corrected chi connectivity index (χ1v) is 6.98. The van der Waals surface area contributed by atoms with Gasteiger partial charge in [0, 0.05) is 23.0 Å². The number of nitrogens with zero attached hydrogens (tertiary/aromatic N) is 1. The van der Waals surface area contributed by atoms with E-state index in [4.69, 9.17) is 11.6 Å². The van der Waals surface area contributed by atoms with Gasteiger partial charge in [0.1, 0.15) is 0 Å². The Labute approximate surface area is 118 Å². The molecule has 102 valence electrons. The van der Waals surface area contributed by atoms with Crippen LogP contribution in [0.5, 0.6) is 0 Å². The summed E-state index contributed by atoms with van der Waals surface area (Å²) in [4.78, 5) is 26.3. The topological polar surface area (TPSA) is 37.4 Å². The molecule has 0 aliphatic carbocycles. The van der Waals surface area contributed by atoms with Crippen LogP contribution in [0.25, 0.3) is 0 Å². The van der Waals surface area contributed by atoms with Crippen LogP contribution in [0.15, 0.2) is 24.3 Å². The van der Waals surface area contributed by atoms with Gasteiger partial charge in [-0.2, -0.15) is 0 Å². The third-order valence-electron chi connectivity index (χ3n) is 3.46. The minimum absolute atomic E-state index is 0.0168. The summed E-state index contributed by atoms with van der Waals surface area (Å²) in [7, 11) is 0. The lowest BCUT2D eigenvalue weighted by molar-refractivity contribution is -0.134. The molecular formula is C15H18ClNO2. The minimum Gasteiger partial charge on any atom is -0.332 e. The Morgan fingerprint density at radius 1 is 1.26 bits per heavy atom. The van der Waals surface area contributed by atoms with E-state index in [-0.39, 0.29) is 23.7 Å². The molecule has 4 heteroatoms. The zero-order chi connectivity index (χ0) is 14.0. The number of benzene rings is 1. The standard InChI is InChI=1S/C15H18ClNO2/c1-10(2)15(19)17-9-3-4-13(17)14(18)11-5-7-12(16)8-6-11/h5-8,10,13H,3-4,9H2,1-2H3. The molecule has 1 aromatic rings. The van der Waals surface area contributed by atoms with Crippen LogP contribution in [0.1, 0.15) is 37.0 Å². The highest BCUT2D eigenvalue weighted by Crippen LogP contribution is 2.23. The fraction of sp³-hybridized carbons (Fsp3) is 0.467. The SMILES string of the molecule is CC(C)C(=O)N1CCCC1C(=O)c1ccc(Cl)cc1. The lowest BCUT2D eigenvalue weighted by Gasteiger charge is -2.25. The average Bonchev–Trinajstić information content (AvgIpc) is 2.86. The van der Waals surface area contributed by atoms with Crippen LogP contribution in [-0.2, 0) is 4.79 Å². The van der Waals surface area contributed by atoms with Gasteiger partial charge < -0.3 is 4.90 Å². The number of carbonyl (C=O) groups is 2. The van der Waals surface area contributed by atoms with E-state index in [0.717, 1.165) is 12.8 Å². The predicted octanol–water partition coefficient (Wildman–Crippen LogP) is 3.17. The lowest BCUT2D eigenvalue weighted by atomic mass is 10.0. The molecule has 1 unspecified atom stereocenters. The fourth-order valence-electron chi connectivity index (χ4n) is 2.44. The van der Waals surface area contributed by atoms with Crippen LogP contribution in [0.2, 0.25) is 5.02 Å². The summed E-state index contributed by atoms with van der Waals surface area (Å²) in [5.41, 5.74) is 0.623. The van der Waals surface area contributed by atoms with Gasteiger partial charge in [-0.15, -0.1) is 0 Å². The molecule has 1 aliphatic heterocycles. The minimum atomic E-state index is -0.309. The first-order chi connectivity index (χ1) is 9.00. The molecule has 1 fully saturated rings. The maximum Gasteiger partial charge on any atom is 0.225 e. The van der Waals surface area contributed by atoms with Gasteiger partial charge in [-0.1, -0.05) is 25.4 Å². The van der Waals surface area contributed by atoms with Gasteiger partial charge in [0.25, 0.3) is 0 Å². The average molecular weight is 280 g/mol. The molecule has 1 heterocycles. The summed E-state index contributed by atoms with van der Waals surface area (Å²) in [6.07, 6.45) is 1.64. The van der Waals surface area contributed by atoms with Gasteiger partial charge in [0.15, 0.2) is 5.78 Å². The van der Waals surface area contributed by atoms with Crippen molar-refractivity contribution in [2.45, 2.75) is 32.7 Å².